The molecule has 0 fully saturated rings. The number of rotatable bonds is 4. The molecule has 9 aromatic rings. The summed E-state index contributed by atoms with van der Waals surface area (Å²) in [7, 11) is 0. The lowest BCUT2D eigenvalue weighted by Gasteiger charge is -2.12. The molecule has 0 bridgehead atoms. The molecule has 0 radical (unpaired) electrons. The molecule has 2 aromatic heterocycles. The molecular formula is C41H25N3O. The summed E-state index contributed by atoms with van der Waals surface area (Å²) in [5.74, 6) is 1.84. The molecule has 4 heteroatoms. The molecule has 0 atom stereocenters. The predicted molar refractivity (Wildman–Crippen MR) is 184 cm³/mol. The first kappa shape index (κ1) is 25.4. The summed E-state index contributed by atoms with van der Waals surface area (Å²) in [5.41, 5.74) is 6.60. The first-order chi connectivity index (χ1) is 22.3. The molecule has 0 saturated heterocycles. The van der Waals surface area contributed by atoms with Crippen LogP contribution in [0.3, 0.4) is 0 Å². The number of hydrogen-bond acceptors (Lipinski definition) is 4. The molecule has 45 heavy (non-hydrogen) atoms. The van der Waals surface area contributed by atoms with Gasteiger partial charge in [0.1, 0.15) is 11.2 Å². The van der Waals surface area contributed by atoms with Gasteiger partial charge in [-0.3, -0.25) is 0 Å². The minimum absolute atomic E-state index is 0.593. The second kappa shape index (κ2) is 10.2. The van der Waals surface area contributed by atoms with Crippen LogP contribution in [0.4, 0.5) is 0 Å². The van der Waals surface area contributed by atoms with Gasteiger partial charge in [-0.15, -0.1) is 0 Å². The van der Waals surface area contributed by atoms with Crippen molar-refractivity contribution in [2.45, 2.75) is 0 Å². The van der Waals surface area contributed by atoms with Crippen LogP contribution in [0.1, 0.15) is 0 Å². The van der Waals surface area contributed by atoms with Crippen LogP contribution in [-0.2, 0) is 0 Å². The molecule has 7 aromatic carbocycles. The molecule has 4 nitrogen and oxygen atoms in total. The van der Waals surface area contributed by atoms with Crippen molar-refractivity contribution >= 4 is 43.5 Å². The summed E-state index contributed by atoms with van der Waals surface area (Å²) in [6.07, 6.45) is 0. The molecule has 2 heterocycles. The van der Waals surface area contributed by atoms with E-state index in [0.29, 0.717) is 17.5 Å². The lowest BCUT2D eigenvalue weighted by Crippen LogP contribution is -2.00. The van der Waals surface area contributed by atoms with E-state index in [-0.39, 0.29) is 0 Å². The Morgan fingerprint density at radius 1 is 0.356 bits per heavy atom. The average Bonchev–Trinajstić information content (AvgIpc) is 3.50. The quantitative estimate of drug-likeness (QED) is 0.209. The van der Waals surface area contributed by atoms with Gasteiger partial charge in [0.25, 0.3) is 0 Å². The molecule has 0 unspecified atom stereocenters. The maximum Gasteiger partial charge on any atom is 0.164 e. The van der Waals surface area contributed by atoms with Gasteiger partial charge in [0, 0.05) is 27.5 Å². The highest BCUT2D eigenvalue weighted by atomic mass is 16.3. The van der Waals surface area contributed by atoms with E-state index in [4.69, 9.17) is 19.4 Å². The standard InChI is InChI=1S/C41H25N3O/c1-2-13-28(14-3-1)39-42-40(30-22-21-26-11-4-5-15-29(26)23-30)44-41(43-39)31-24-35(33-19-10-16-27-12-6-7-17-32(27)33)38-34-18-8-9-20-36(34)45-37(38)25-31/h1-25H. The van der Waals surface area contributed by atoms with Crippen LogP contribution in [-0.4, -0.2) is 15.0 Å². The monoisotopic (exact) mass is 575 g/mol. The molecule has 0 aliphatic carbocycles. The van der Waals surface area contributed by atoms with E-state index in [1.54, 1.807) is 0 Å². The summed E-state index contributed by atoms with van der Waals surface area (Å²) in [4.78, 5) is 15.1. The lowest BCUT2D eigenvalue weighted by atomic mass is 9.93. The van der Waals surface area contributed by atoms with Gasteiger partial charge in [-0.1, -0.05) is 127 Å². The smallest absolute Gasteiger partial charge is 0.164 e. The number of furan rings is 1. The first-order valence-corrected chi connectivity index (χ1v) is 15.0. The van der Waals surface area contributed by atoms with Crippen LogP contribution in [0, 0.1) is 0 Å². The zero-order valence-electron chi connectivity index (χ0n) is 24.2. The minimum Gasteiger partial charge on any atom is -0.456 e. The molecule has 0 aliphatic heterocycles. The third-order valence-electron chi connectivity index (χ3n) is 8.49. The Balaban J connectivity index is 1.33. The van der Waals surface area contributed by atoms with Gasteiger partial charge in [-0.05, 0) is 56.9 Å². The van der Waals surface area contributed by atoms with Gasteiger partial charge >= 0.3 is 0 Å². The normalized spacial score (nSPS) is 11.6. The number of benzene rings is 7. The van der Waals surface area contributed by atoms with Crippen LogP contribution in [0.25, 0.3) is 88.8 Å². The van der Waals surface area contributed by atoms with E-state index in [1.807, 2.05) is 42.5 Å². The third kappa shape index (κ3) is 4.35. The number of para-hydroxylation sites is 1. The van der Waals surface area contributed by atoms with Gasteiger partial charge in [-0.25, -0.2) is 15.0 Å². The fourth-order valence-corrected chi connectivity index (χ4v) is 6.34. The second-order valence-electron chi connectivity index (χ2n) is 11.3. The zero-order chi connectivity index (χ0) is 29.7. The molecule has 0 aliphatic rings. The van der Waals surface area contributed by atoms with Crippen LogP contribution in [0.15, 0.2) is 156 Å². The Bertz CT molecular complexity index is 2540. The van der Waals surface area contributed by atoms with Crippen molar-refractivity contribution < 1.29 is 4.42 Å². The summed E-state index contributed by atoms with van der Waals surface area (Å²) in [6.45, 7) is 0. The van der Waals surface area contributed by atoms with Crippen molar-refractivity contribution in [3.05, 3.63) is 152 Å². The number of hydrogen-bond donors (Lipinski definition) is 0. The molecule has 0 amide bonds. The van der Waals surface area contributed by atoms with Gasteiger partial charge in [0.15, 0.2) is 17.5 Å². The highest BCUT2D eigenvalue weighted by molar-refractivity contribution is 6.16. The van der Waals surface area contributed by atoms with Crippen molar-refractivity contribution in [3.8, 4) is 45.3 Å². The number of fused-ring (bicyclic) bond motifs is 5. The Morgan fingerprint density at radius 3 is 1.84 bits per heavy atom. The van der Waals surface area contributed by atoms with E-state index < -0.39 is 0 Å². The van der Waals surface area contributed by atoms with Gasteiger partial charge in [-0.2, -0.15) is 0 Å². The van der Waals surface area contributed by atoms with Crippen molar-refractivity contribution in [2.24, 2.45) is 0 Å². The first-order valence-electron chi connectivity index (χ1n) is 15.0. The average molecular weight is 576 g/mol. The Morgan fingerprint density at radius 2 is 1.00 bits per heavy atom. The summed E-state index contributed by atoms with van der Waals surface area (Å²) in [5, 5.41) is 6.85. The third-order valence-corrected chi connectivity index (χ3v) is 8.49. The second-order valence-corrected chi connectivity index (χ2v) is 11.3. The van der Waals surface area contributed by atoms with Crippen molar-refractivity contribution in [1.82, 2.24) is 15.0 Å². The van der Waals surface area contributed by atoms with E-state index in [0.717, 1.165) is 55.1 Å². The summed E-state index contributed by atoms with van der Waals surface area (Å²) in [6, 6.07) is 52.2. The molecule has 0 spiro atoms. The molecule has 210 valence electrons. The number of nitrogens with zero attached hydrogens (tertiary/aromatic N) is 3. The van der Waals surface area contributed by atoms with Gasteiger partial charge in [0.2, 0.25) is 0 Å². The van der Waals surface area contributed by atoms with Gasteiger partial charge < -0.3 is 4.42 Å². The number of aromatic nitrogens is 3. The van der Waals surface area contributed by atoms with Crippen LogP contribution < -0.4 is 0 Å². The summed E-state index contributed by atoms with van der Waals surface area (Å²) < 4.78 is 6.50. The van der Waals surface area contributed by atoms with Gasteiger partial charge in [0.05, 0.1) is 0 Å². The maximum absolute atomic E-state index is 6.50. The largest absolute Gasteiger partial charge is 0.456 e. The van der Waals surface area contributed by atoms with Crippen molar-refractivity contribution in [1.29, 1.82) is 0 Å². The minimum atomic E-state index is 0.593. The summed E-state index contributed by atoms with van der Waals surface area (Å²) >= 11 is 0. The SMILES string of the molecule is c1ccc(-c2nc(-c3ccc4ccccc4c3)nc(-c3cc(-c4cccc5ccccc45)c4c(c3)oc3ccccc34)n2)cc1. The Hall–Kier alpha value is -6.13. The van der Waals surface area contributed by atoms with Crippen LogP contribution in [0.2, 0.25) is 0 Å². The molecular weight excluding hydrogens is 550 g/mol. The Labute approximate surface area is 259 Å². The fraction of sp³-hybridized carbons (Fsp3) is 0. The molecule has 0 saturated carbocycles. The zero-order valence-corrected chi connectivity index (χ0v) is 24.2. The van der Waals surface area contributed by atoms with Crippen LogP contribution >= 0.6 is 0 Å². The molecule has 0 N–H and O–H groups in total. The van der Waals surface area contributed by atoms with Crippen LogP contribution in [0.5, 0.6) is 0 Å². The Kier molecular flexibility index (Phi) is 5.78. The van der Waals surface area contributed by atoms with E-state index >= 15 is 0 Å². The van der Waals surface area contributed by atoms with Crippen molar-refractivity contribution in [2.75, 3.05) is 0 Å². The topological polar surface area (TPSA) is 51.8 Å². The highest BCUT2D eigenvalue weighted by Gasteiger charge is 2.19. The lowest BCUT2D eigenvalue weighted by molar-refractivity contribution is 0.669. The van der Waals surface area contributed by atoms with E-state index in [9.17, 15) is 0 Å². The van der Waals surface area contributed by atoms with E-state index in [1.165, 1.54) is 16.2 Å². The van der Waals surface area contributed by atoms with E-state index in [2.05, 4.69) is 109 Å². The molecule has 9 rings (SSSR count). The predicted octanol–water partition coefficient (Wildman–Crippen LogP) is 10.7. The maximum atomic E-state index is 6.50. The fourth-order valence-electron chi connectivity index (χ4n) is 6.34. The highest BCUT2D eigenvalue weighted by Crippen LogP contribution is 2.42. The van der Waals surface area contributed by atoms with Crippen molar-refractivity contribution in [3.63, 3.8) is 0 Å².